The second-order valence-corrected chi connectivity index (χ2v) is 5.88. The molecule has 1 aromatic carbocycles. The van der Waals surface area contributed by atoms with Crippen LogP contribution in [0.15, 0.2) is 12.1 Å². The standard InChI is InChI=1S/C12H13ClN2OS/c1-7-2-3-9(13)11-10(7)14-12(17-11)15-4-8(5-15)6-16/h2-3,8,16H,4-6H2,1H3. The third-order valence-corrected chi connectivity index (χ3v) is 4.75. The zero-order valence-corrected chi connectivity index (χ0v) is 11.1. The van der Waals surface area contributed by atoms with E-state index in [0.29, 0.717) is 5.92 Å². The van der Waals surface area contributed by atoms with Crippen LogP contribution in [0.5, 0.6) is 0 Å². The summed E-state index contributed by atoms with van der Waals surface area (Å²) in [4.78, 5) is 6.84. The summed E-state index contributed by atoms with van der Waals surface area (Å²) in [6, 6.07) is 3.93. The summed E-state index contributed by atoms with van der Waals surface area (Å²) in [7, 11) is 0. The molecule has 1 aromatic heterocycles. The van der Waals surface area contributed by atoms with E-state index in [1.165, 1.54) is 0 Å². The van der Waals surface area contributed by atoms with Crippen molar-refractivity contribution in [3.63, 3.8) is 0 Å². The van der Waals surface area contributed by atoms with Crippen molar-refractivity contribution in [1.29, 1.82) is 0 Å². The smallest absolute Gasteiger partial charge is 0.186 e. The van der Waals surface area contributed by atoms with Crippen LogP contribution < -0.4 is 4.90 Å². The Morgan fingerprint density at radius 3 is 2.94 bits per heavy atom. The number of fused-ring (bicyclic) bond motifs is 1. The minimum absolute atomic E-state index is 0.265. The first kappa shape index (κ1) is 11.3. The highest BCUT2D eigenvalue weighted by atomic mass is 35.5. The lowest BCUT2D eigenvalue weighted by atomic mass is 10.0. The molecule has 0 aliphatic carbocycles. The van der Waals surface area contributed by atoms with E-state index in [4.69, 9.17) is 16.7 Å². The van der Waals surface area contributed by atoms with Crippen LogP contribution in [0.3, 0.4) is 0 Å². The molecule has 5 heteroatoms. The van der Waals surface area contributed by atoms with E-state index in [1.807, 2.05) is 12.1 Å². The van der Waals surface area contributed by atoms with E-state index >= 15 is 0 Å². The lowest BCUT2D eigenvalue weighted by molar-refractivity contribution is 0.201. The molecule has 1 N–H and O–H groups in total. The van der Waals surface area contributed by atoms with Gasteiger partial charge in [-0.25, -0.2) is 4.98 Å². The van der Waals surface area contributed by atoms with E-state index in [9.17, 15) is 0 Å². The SMILES string of the molecule is Cc1ccc(Cl)c2sc(N3CC(CO)C3)nc12. The Morgan fingerprint density at radius 2 is 2.29 bits per heavy atom. The average molecular weight is 269 g/mol. The lowest BCUT2D eigenvalue weighted by Crippen LogP contribution is -2.48. The monoisotopic (exact) mass is 268 g/mol. The van der Waals surface area contributed by atoms with E-state index < -0.39 is 0 Å². The van der Waals surface area contributed by atoms with E-state index in [0.717, 1.165) is 39.0 Å². The summed E-state index contributed by atoms with van der Waals surface area (Å²) >= 11 is 7.81. The van der Waals surface area contributed by atoms with Crippen LogP contribution in [-0.4, -0.2) is 29.8 Å². The molecule has 0 atom stereocenters. The number of anilines is 1. The van der Waals surface area contributed by atoms with Gasteiger partial charge in [-0.05, 0) is 18.6 Å². The summed E-state index contributed by atoms with van der Waals surface area (Å²) in [5.41, 5.74) is 2.16. The van der Waals surface area contributed by atoms with Crippen LogP contribution in [0.2, 0.25) is 5.02 Å². The molecule has 0 amide bonds. The molecule has 0 spiro atoms. The van der Waals surface area contributed by atoms with Crippen molar-refractivity contribution in [2.45, 2.75) is 6.92 Å². The van der Waals surface area contributed by atoms with Crippen molar-refractivity contribution in [1.82, 2.24) is 4.98 Å². The van der Waals surface area contributed by atoms with Crippen LogP contribution in [0.1, 0.15) is 5.56 Å². The molecule has 2 aromatic rings. The van der Waals surface area contributed by atoms with Gasteiger partial charge in [0, 0.05) is 25.6 Å². The molecule has 1 fully saturated rings. The van der Waals surface area contributed by atoms with Gasteiger partial charge < -0.3 is 10.0 Å². The summed E-state index contributed by atoms with van der Waals surface area (Å²) in [5, 5.41) is 10.8. The molecule has 3 nitrogen and oxygen atoms in total. The Balaban J connectivity index is 1.97. The van der Waals surface area contributed by atoms with Gasteiger partial charge in [0.15, 0.2) is 5.13 Å². The van der Waals surface area contributed by atoms with Gasteiger partial charge >= 0.3 is 0 Å². The molecule has 0 unspecified atom stereocenters. The molecule has 1 aliphatic rings. The zero-order valence-electron chi connectivity index (χ0n) is 9.48. The van der Waals surface area contributed by atoms with Crippen LogP contribution in [0, 0.1) is 12.8 Å². The van der Waals surface area contributed by atoms with Gasteiger partial charge in [0.05, 0.1) is 15.2 Å². The van der Waals surface area contributed by atoms with E-state index in [1.54, 1.807) is 11.3 Å². The highest BCUT2D eigenvalue weighted by Crippen LogP contribution is 2.37. The largest absolute Gasteiger partial charge is 0.396 e. The minimum atomic E-state index is 0.265. The number of rotatable bonds is 2. The number of benzene rings is 1. The van der Waals surface area contributed by atoms with Gasteiger partial charge in [-0.3, -0.25) is 0 Å². The summed E-state index contributed by atoms with van der Waals surface area (Å²) in [6.07, 6.45) is 0. The molecule has 1 saturated heterocycles. The number of nitrogens with zero attached hydrogens (tertiary/aromatic N) is 2. The molecular weight excluding hydrogens is 256 g/mol. The first-order valence-electron chi connectivity index (χ1n) is 5.60. The van der Waals surface area contributed by atoms with Crippen LogP contribution >= 0.6 is 22.9 Å². The molecular formula is C12H13ClN2OS. The Morgan fingerprint density at radius 1 is 1.53 bits per heavy atom. The first-order chi connectivity index (χ1) is 8.19. The quantitative estimate of drug-likeness (QED) is 0.910. The third-order valence-electron chi connectivity index (χ3n) is 3.17. The lowest BCUT2D eigenvalue weighted by Gasteiger charge is -2.37. The molecule has 17 heavy (non-hydrogen) atoms. The summed E-state index contributed by atoms with van der Waals surface area (Å²) in [5.74, 6) is 0.401. The fourth-order valence-corrected chi connectivity index (χ4v) is 3.40. The highest BCUT2D eigenvalue weighted by molar-refractivity contribution is 7.22. The molecule has 2 heterocycles. The number of thiazole rings is 1. The predicted octanol–water partition coefficient (Wildman–Crippen LogP) is 2.69. The zero-order chi connectivity index (χ0) is 12.0. The van der Waals surface area contributed by atoms with Gasteiger partial charge in [-0.15, -0.1) is 0 Å². The topological polar surface area (TPSA) is 36.4 Å². The van der Waals surface area contributed by atoms with Gasteiger partial charge in [0.2, 0.25) is 0 Å². The Labute approximate surface area is 109 Å². The van der Waals surface area contributed by atoms with Crippen LogP contribution in [-0.2, 0) is 0 Å². The Bertz CT molecular complexity index is 524. The number of hydrogen-bond acceptors (Lipinski definition) is 4. The van der Waals surface area contributed by atoms with Crippen molar-refractivity contribution in [3.05, 3.63) is 22.7 Å². The summed E-state index contributed by atoms with van der Waals surface area (Å²) in [6.45, 7) is 4.11. The number of halogens is 1. The van der Waals surface area contributed by atoms with Crippen molar-refractivity contribution in [3.8, 4) is 0 Å². The third kappa shape index (κ3) is 1.80. The van der Waals surface area contributed by atoms with Crippen molar-refractivity contribution < 1.29 is 5.11 Å². The van der Waals surface area contributed by atoms with Crippen molar-refractivity contribution in [2.75, 3.05) is 24.6 Å². The van der Waals surface area contributed by atoms with Gasteiger partial charge in [0.25, 0.3) is 0 Å². The van der Waals surface area contributed by atoms with Crippen molar-refractivity contribution in [2.24, 2.45) is 5.92 Å². The second kappa shape index (κ2) is 4.12. The first-order valence-corrected chi connectivity index (χ1v) is 6.80. The summed E-state index contributed by atoms with van der Waals surface area (Å²) < 4.78 is 1.06. The molecule has 3 rings (SSSR count). The minimum Gasteiger partial charge on any atom is -0.396 e. The number of aryl methyl sites for hydroxylation is 1. The maximum absolute atomic E-state index is 9.01. The van der Waals surface area contributed by atoms with Crippen LogP contribution in [0.25, 0.3) is 10.2 Å². The van der Waals surface area contributed by atoms with E-state index in [2.05, 4.69) is 16.8 Å². The van der Waals surface area contributed by atoms with Gasteiger partial charge in [0.1, 0.15) is 0 Å². The Hall–Kier alpha value is -0.840. The van der Waals surface area contributed by atoms with E-state index in [-0.39, 0.29) is 6.61 Å². The van der Waals surface area contributed by atoms with Crippen LogP contribution in [0.4, 0.5) is 5.13 Å². The molecule has 0 saturated carbocycles. The van der Waals surface area contributed by atoms with Gasteiger partial charge in [-0.2, -0.15) is 0 Å². The normalized spacial score (nSPS) is 16.5. The Kier molecular flexibility index (Phi) is 2.73. The maximum atomic E-state index is 9.01. The molecule has 0 radical (unpaired) electrons. The average Bonchev–Trinajstić information content (AvgIpc) is 2.68. The number of aliphatic hydroxyl groups excluding tert-OH is 1. The second-order valence-electron chi connectivity index (χ2n) is 4.49. The highest BCUT2D eigenvalue weighted by Gasteiger charge is 2.28. The number of aliphatic hydroxyl groups is 1. The fourth-order valence-electron chi connectivity index (χ4n) is 2.07. The number of hydrogen-bond donors (Lipinski definition) is 1. The maximum Gasteiger partial charge on any atom is 0.186 e. The number of aromatic nitrogens is 1. The molecule has 0 bridgehead atoms. The fraction of sp³-hybridized carbons (Fsp3) is 0.417. The van der Waals surface area contributed by atoms with Crippen molar-refractivity contribution >= 4 is 38.3 Å². The van der Waals surface area contributed by atoms with Gasteiger partial charge in [-0.1, -0.05) is 29.0 Å². The predicted molar refractivity (Wildman–Crippen MR) is 72.2 cm³/mol. The molecule has 1 aliphatic heterocycles. The molecule has 90 valence electrons.